The lowest BCUT2D eigenvalue weighted by Crippen LogP contribution is -2.06. The highest BCUT2D eigenvalue weighted by molar-refractivity contribution is 5.81. The van der Waals surface area contributed by atoms with Crippen LogP contribution in [0, 0.1) is 0 Å². The van der Waals surface area contributed by atoms with E-state index >= 15 is 0 Å². The number of rotatable bonds is 11. The van der Waals surface area contributed by atoms with Crippen LogP contribution in [0.25, 0.3) is 11.1 Å². The molecule has 0 heteroatoms. The van der Waals surface area contributed by atoms with Crippen LogP contribution in [-0.4, -0.2) is 0 Å². The second kappa shape index (κ2) is 12.5. The van der Waals surface area contributed by atoms with Gasteiger partial charge in [-0.15, -0.1) is 0 Å². The topological polar surface area (TPSA) is 0 Å². The van der Waals surface area contributed by atoms with Crippen LogP contribution in [0.2, 0.25) is 0 Å². The molecule has 0 fully saturated rings. The predicted octanol–water partition coefficient (Wildman–Crippen LogP) is 10.4. The molecule has 0 heterocycles. The molecule has 0 nitrogen and oxygen atoms in total. The maximum absolute atomic E-state index is 4.45. The van der Waals surface area contributed by atoms with Gasteiger partial charge in [-0.05, 0) is 95.0 Å². The SMILES string of the molecule is C=C(CC=CC1=CCc2ccccc21)CCC1=CC=C(c2cc(CC)c(CC)c(CC)c2)C1c1ccccc1. The van der Waals surface area contributed by atoms with Crippen LogP contribution in [0.4, 0.5) is 0 Å². The highest BCUT2D eigenvalue weighted by Gasteiger charge is 2.26. The molecule has 0 aromatic heterocycles. The maximum Gasteiger partial charge on any atom is 0.0308 e. The van der Waals surface area contributed by atoms with Crippen molar-refractivity contribution in [3.8, 4) is 0 Å². The molecule has 198 valence electrons. The Balaban J connectivity index is 1.30. The van der Waals surface area contributed by atoms with Crippen LogP contribution in [-0.2, 0) is 25.7 Å². The van der Waals surface area contributed by atoms with E-state index in [1.54, 1.807) is 5.56 Å². The van der Waals surface area contributed by atoms with Crippen molar-refractivity contribution in [1.82, 2.24) is 0 Å². The van der Waals surface area contributed by atoms with Gasteiger partial charge in [0.15, 0.2) is 0 Å². The monoisotopic (exact) mass is 510 g/mol. The van der Waals surface area contributed by atoms with Crippen LogP contribution in [0.5, 0.6) is 0 Å². The van der Waals surface area contributed by atoms with E-state index in [4.69, 9.17) is 0 Å². The first-order chi connectivity index (χ1) is 19.1. The van der Waals surface area contributed by atoms with Crippen molar-refractivity contribution in [1.29, 1.82) is 0 Å². The van der Waals surface area contributed by atoms with E-state index in [1.807, 2.05) is 0 Å². The standard InChI is InChI=1S/C39H42/c1-5-29-26-35(27-30(6-2)36(29)7-3)38-25-24-34(39(38)33-16-9-8-10-17-33)21-20-28(4)14-13-18-32-23-22-31-15-11-12-19-37(31)32/h8-13,15-19,23-27,39H,4-7,14,20-22H2,1-3H3. The number of hydrogen-bond acceptors (Lipinski definition) is 0. The number of aryl methyl sites for hydroxylation is 2. The van der Waals surface area contributed by atoms with E-state index in [1.165, 1.54) is 55.7 Å². The molecule has 0 radical (unpaired) electrons. The molecule has 1 atom stereocenters. The zero-order valence-electron chi connectivity index (χ0n) is 24.0. The number of allylic oxidation sites excluding steroid dienone is 9. The number of fused-ring (bicyclic) bond motifs is 1. The van der Waals surface area contributed by atoms with Gasteiger partial charge in [0, 0.05) is 5.92 Å². The molecule has 2 aliphatic rings. The first-order valence-corrected chi connectivity index (χ1v) is 14.8. The number of benzene rings is 3. The fraction of sp³-hybridized carbons (Fsp3) is 0.282. The molecule has 1 unspecified atom stereocenters. The summed E-state index contributed by atoms with van der Waals surface area (Å²) in [6.07, 6.45) is 19.0. The van der Waals surface area contributed by atoms with E-state index in [9.17, 15) is 0 Å². The van der Waals surface area contributed by atoms with Crippen LogP contribution in [0.3, 0.4) is 0 Å². The minimum Gasteiger partial charge on any atom is -0.0995 e. The molecule has 2 aliphatic carbocycles. The van der Waals surface area contributed by atoms with Crippen LogP contribution < -0.4 is 0 Å². The Morgan fingerprint density at radius 1 is 0.872 bits per heavy atom. The molecular formula is C39H42. The smallest absolute Gasteiger partial charge is 0.0308 e. The summed E-state index contributed by atoms with van der Waals surface area (Å²) in [4.78, 5) is 0. The van der Waals surface area contributed by atoms with Gasteiger partial charge in [-0.25, -0.2) is 0 Å². The van der Waals surface area contributed by atoms with Crippen molar-refractivity contribution >= 4 is 11.1 Å². The predicted molar refractivity (Wildman–Crippen MR) is 170 cm³/mol. The molecule has 3 aromatic rings. The summed E-state index contributed by atoms with van der Waals surface area (Å²) in [5, 5.41) is 0. The third kappa shape index (κ3) is 5.86. The number of hydrogen-bond donors (Lipinski definition) is 0. The Morgan fingerprint density at radius 2 is 1.59 bits per heavy atom. The zero-order chi connectivity index (χ0) is 27.2. The molecule has 0 saturated carbocycles. The summed E-state index contributed by atoms with van der Waals surface area (Å²) in [5.74, 6) is 0.316. The highest BCUT2D eigenvalue weighted by Crippen LogP contribution is 2.45. The zero-order valence-corrected chi connectivity index (χ0v) is 24.0. The minimum atomic E-state index is 0.316. The molecule has 39 heavy (non-hydrogen) atoms. The highest BCUT2D eigenvalue weighted by atomic mass is 14.3. The fourth-order valence-electron chi connectivity index (χ4n) is 6.41. The van der Waals surface area contributed by atoms with Gasteiger partial charge in [-0.2, -0.15) is 0 Å². The van der Waals surface area contributed by atoms with Crippen LogP contribution in [0.1, 0.15) is 84.9 Å². The first kappa shape index (κ1) is 26.9. The van der Waals surface area contributed by atoms with Gasteiger partial charge >= 0.3 is 0 Å². The average molecular weight is 511 g/mol. The lowest BCUT2D eigenvalue weighted by Gasteiger charge is -2.23. The van der Waals surface area contributed by atoms with E-state index in [2.05, 4.69) is 124 Å². The van der Waals surface area contributed by atoms with Crippen molar-refractivity contribution in [3.05, 3.63) is 154 Å². The van der Waals surface area contributed by atoms with Crippen molar-refractivity contribution < 1.29 is 0 Å². The van der Waals surface area contributed by atoms with Crippen molar-refractivity contribution in [2.24, 2.45) is 0 Å². The summed E-state index contributed by atoms with van der Waals surface area (Å²) >= 11 is 0. The molecule has 3 aromatic carbocycles. The van der Waals surface area contributed by atoms with E-state index in [0.717, 1.165) is 44.9 Å². The third-order valence-corrected chi connectivity index (χ3v) is 8.52. The summed E-state index contributed by atoms with van der Waals surface area (Å²) in [6.45, 7) is 11.3. The Labute approximate surface area is 236 Å². The summed E-state index contributed by atoms with van der Waals surface area (Å²) in [7, 11) is 0. The van der Waals surface area contributed by atoms with E-state index in [0.29, 0.717) is 5.92 Å². The van der Waals surface area contributed by atoms with Gasteiger partial charge in [-0.1, -0.05) is 136 Å². The molecule has 0 bridgehead atoms. The molecule has 0 spiro atoms. The largest absolute Gasteiger partial charge is 0.0995 e. The van der Waals surface area contributed by atoms with Crippen molar-refractivity contribution in [2.75, 3.05) is 0 Å². The van der Waals surface area contributed by atoms with Gasteiger partial charge in [-0.3, -0.25) is 0 Å². The van der Waals surface area contributed by atoms with E-state index in [-0.39, 0.29) is 0 Å². The lowest BCUT2D eigenvalue weighted by molar-refractivity contribution is 0.844. The maximum atomic E-state index is 4.45. The Kier molecular flexibility index (Phi) is 8.62. The van der Waals surface area contributed by atoms with Crippen molar-refractivity contribution in [3.63, 3.8) is 0 Å². The van der Waals surface area contributed by atoms with Gasteiger partial charge < -0.3 is 0 Å². The molecule has 0 saturated heterocycles. The van der Waals surface area contributed by atoms with Gasteiger partial charge in [0.05, 0.1) is 0 Å². The van der Waals surface area contributed by atoms with Crippen molar-refractivity contribution in [2.45, 2.75) is 71.6 Å². The second-order valence-corrected chi connectivity index (χ2v) is 10.9. The Bertz CT molecular complexity index is 1430. The quantitative estimate of drug-likeness (QED) is 0.225. The second-order valence-electron chi connectivity index (χ2n) is 10.9. The summed E-state index contributed by atoms with van der Waals surface area (Å²) in [6, 6.07) is 24.7. The first-order valence-electron chi connectivity index (χ1n) is 14.8. The van der Waals surface area contributed by atoms with E-state index < -0.39 is 0 Å². The van der Waals surface area contributed by atoms with Crippen LogP contribution >= 0.6 is 0 Å². The fourth-order valence-corrected chi connectivity index (χ4v) is 6.41. The normalized spacial score (nSPS) is 16.3. The minimum absolute atomic E-state index is 0.316. The summed E-state index contributed by atoms with van der Waals surface area (Å²) < 4.78 is 0. The average Bonchev–Trinajstić information content (AvgIpc) is 3.60. The molecule has 0 aliphatic heterocycles. The third-order valence-electron chi connectivity index (χ3n) is 8.52. The van der Waals surface area contributed by atoms with Gasteiger partial charge in [0.1, 0.15) is 0 Å². The summed E-state index contributed by atoms with van der Waals surface area (Å²) in [5.41, 5.74) is 15.8. The molecule has 0 N–H and O–H groups in total. The Morgan fingerprint density at radius 3 is 2.31 bits per heavy atom. The van der Waals surface area contributed by atoms with Crippen LogP contribution in [0.15, 0.2) is 115 Å². The van der Waals surface area contributed by atoms with Gasteiger partial charge in [0.2, 0.25) is 0 Å². The molecule has 0 amide bonds. The molecule has 5 rings (SSSR count). The molecular weight excluding hydrogens is 468 g/mol. The van der Waals surface area contributed by atoms with Gasteiger partial charge in [0.25, 0.3) is 0 Å². The lowest BCUT2D eigenvalue weighted by atomic mass is 9.81. The Hall–Kier alpha value is -3.64.